The summed E-state index contributed by atoms with van der Waals surface area (Å²) in [6, 6.07) is 0. The van der Waals surface area contributed by atoms with Crippen molar-refractivity contribution in [1.29, 1.82) is 0 Å². The van der Waals surface area contributed by atoms with Gasteiger partial charge in [-0.05, 0) is 0 Å². The zero-order chi connectivity index (χ0) is 10.7. The Balaban J connectivity index is 3.13. The second-order valence-corrected chi connectivity index (χ2v) is 2.76. The summed E-state index contributed by atoms with van der Waals surface area (Å²) < 4.78 is 0. The molecule has 1 rings (SSSR count). The molecule has 0 bridgehead atoms. The highest BCUT2D eigenvalue weighted by Gasteiger charge is 2.10. The van der Waals surface area contributed by atoms with Crippen LogP contribution in [0.4, 0.5) is 17.5 Å². The van der Waals surface area contributed by atoms with Gasteiger partial charge in [0.15, 0.2) is 5.82 Å². The highest BCUT2D eigenvalue weighted by Crippen LogP contribution is 2.12. The van der Waals surface area contributed by atoms with E-state index in [1.807, 2.05) is 6.92 Å². The van der Waals surface area contributed by atoms with Crippen LogP contribution in [0.1, 0.15) is 6.92 Å². The van der Waals surface area contributed by atoms with E-state index in [1.165, 1.54) is 0 Å². The molecule has 7 nitrogen and oxygen atoms in total. The monoisotopic (exact) mass is 198 g/mol. The Bertz CT molecular complexity index is 373. The van der Waals surface area contributed by atoms with Crippen LogP contribution in [0.5, 0.6) is 0 Å². The maximum Gasteiger partial charge on any atom is 0.277 e. The lowest BCUT2D eigenvalue weighted by Crippen LogP contribution is -2.36. The number of nitrogens with one attached hydrogen (secondary N) is 2. The number of aromatic amines is 1. The van der Waals surface area contributed by atoms with E-state index >= 15 is 0 Å². The summed E-state index contributed by atoms with van der Waals surface area (Å²) in [6.45, 7) is 2.62. The molecular weight excluding hydrogens is 184 g/mol. The van der Waals surface area contributed by atoms with Gasteiger partial charge in [-0.1, -0.05) is 6.92 Å². The Labute approximate surface area is 81.1 Å². The van der Waals surface area contributed by atoms with Gasteiger partial charge in [0, 0.05) is 13.6 Å². The summed E-state index contributed by atoms with van der Waals surface area (Å²) in [6.07, 6.45) is 0. The molecule has 0 saturated heterocycles. The van der Waals surface area contributed by atoms with Gasteiger partial charge >= 0.3 is 0 Å². The molecule has 7 heteroatoms. The van der Waals surface area contributed by atoms with Gasteiger partial charge in [0.05, 0.1) is 0 Å². The van der Waals surface area contributed by atoms with Gasteiger partial charge in [0.2, 0.25) is 5.95 Å². The van der Waals surface area contributed by atoms with Crippen molar-refractivity contribution in [3.8, 4) is 0 Å². The SMILES string of the molecule is CCNN(C)c1nc(N)[nH]c(=O)c1N. The lowest BCUT2D eigenvalue weighted by Gasteiger charge is -2.19. The number of hydrogen-bond acceptors (Lipinski definition) is 6. The molecule has 0 aliphatic carbocycles. The van der Waals surface area contributed by atoms with Crippen LogP contribution in [0.25, 0.3) is 0 Å². The minimum atomic E-state index is -0.433. The third-order valence-corrected chi connectivity index (χ3v) is 1.67. The van der Waals surface area contributed by atoms with E-state index in [9.17, 15) is 4.79 Å². The van der Waals surface area contributed by atoms with Gasteiger partial charge in [0.1, 0.15) is 5.69 Å². The summed E-state index contributed by atoms with van der Waals surface area (Å²) in [4.78, 5) is 17.4. The standard InChI is InChI=1S/C7H14N6O/c1-3-10-13(2)5-4(8)6(14)12-7(9)11-5/h10H,3,8H2,1-2H3,(H3,9,11,12,14). The molecule has 0 aromatic carbocycles. The third kappa shape index (κ3) is 1.94. The summed E-state index contributed by atoms with van der Waals surface area (Å²) in [5.41, 5.74) is 13.5. The third-order valence-electron chi connectivity index (χ3n) is 1.67. The van der Waals surface area contributed by atoms with Crippen LogP contribution in [0.2, 0.25) is 0 Å². The number of nitrogen functional groups attached to an aromatic ring is 2. The highest BCUT2D eigenvalue weighted by atomic mass is 16.1. The average molecular weight is 198 g/mol. The van der Waals surface area contributed by atoms with E-state index in [1.54, 1.807) is 12.1 Å². The molecule has 0 amide bonds. The fourth-order valence-corrected chi connectivity index (χ4v) is 1.06. The van der Waals surface area contributed by atoms with Gasteiger partial charge in [-0.3, -0.25) is 14.8 Å². The molecule has 0 spiro atoms. The van der Waals surface area contributed by atoms with Crippen LogP contribution >= 0.6 is 0 Å². The normalized spacial score (nSPS) is 10.1. The smallest absolute Gasteiger partial charge is 0.277 e. The van der Waals surface area contributed by atoms with E-state index < -0.39 is 5.56 Å². The van der Waals surface area contributed by atoms with Crippen LogP contribution in [0, 0.1) is 0 Å². The van der Waals surface area contributed by atoms with Crippen molar-refractivity contribution in [2.24, 2.45) is 0 Å². The number of nitrogens with two attached hydrogens (primary N) is 2. The van der Waals surface area contributed by atoms with Gasteiger partial charge in [-0.15, -0.1) is 0 Å². The zero-order valence-corrected chi connectivity index (χ0v) is 8.16. The van der Waals surface area contributed by atoms with Crippen molar-refractivity contribution in [3.63, 3.8) is 0 Å². The number of aromatic nitrogens is 2. The van der Waals surface area contributed by atoms with Gasteiger partial charge in [0.25, 0.3) is 5.56 Å². The maximum absolute atomic E-state index is 11.2. The number of rotatable bonds is 3. The van der Waals surface area contributed by atoms with Gasteiger partial charge < -0.3 is 11.5 Å². The Morgan fingerprint density at radius 2 is 2.21 bits per heavy atom. The van der Waals surface area contributed by atoms with E-state index in [4.69, 9.17) is 11.5 Å². The molecule has 0 radical (unpaired) electrons. The highest BCUT2D eigenvalue weighted by molar-refractivity contribution is 5.61. The summed E-state index contributed by atoms with van der Waals surface area (Å²) in [5, 5.41) is 1.56. The molecular formula is C7H14N6O. The molecule has 1 aromatic heterocycles. The molecule has 0 aliphatic heterocycles. The number of H-pyrrole nitrogens is 1. The molecule has 0 atom stereocenters. The summed E-state index contributed by atoms with van der Waals surface area (Å²) in [7, 11) is 1.71. The molecule has 0 aliphatic rings. The second kappa shape index (κ2) is 3.97. The predicted octanol–water partition coefficient (Wildman–Crippen LogP) is -1.10. The molecule has 0 unspecified atom stereocenters. The van der Waals surface area contributed by atoms with E-state index in [2.05, 4.69) is 15.4 Å². The van der Waals surface area contributed by atoms with Gasteiger partial charge in [-0.2, -0.15) is 4.98 Å². The first kappa shape index (κ1) is 10.3. The van der Waals surface area contributed by atoms with Crippen LogP contribution in [0.3, 0.4) is 0 Å². The lowest BCUT2D eigenvalue weighted by atomic mass is 10.4. The molecule has 0 saturated carbocycles. The van der Waals surface area contributed by atoms with Crippen molar-refractivity contribution < 1.29 is 0 Å². The van der Waals surface area contributed by atoms with Crippen molar-refractivity contribution in [2.45, 2.75) is 6.92 Å². The fraction of sp³-hybridized carbons (Fsp3) is 0.429. The lowest BCUT2D eigenvalue weighted by molar-refractivity contribution is 0.699. The van der Waals surface area contributed by atoms with Crippen LogP contribution in [-0.2, 0) is 0 Å². The Morgan fingerprint density at radius 1 is 1.57 bits per heavy atom. The van der Waals surface area contributed by atoms with Crippen molar-refractivity contribution in [3.05, 3.63) is 10.4 Å². The average Bonchev–Trinajstić information content (AvgIpc) is 2.11. The van der Waals surface area contributed by atoms with E-state index in [0.29, 0.717) is 12.4 Å². The molecule has 14 heavy (non-hydrogen) atoms. The number of hydrazine groups is 1. The van der Waals surface area contributed by atoms with Crippen LogP contribution in [-0.4, -0.2) is 23.6 Å². The largest absolute Gasteiger partial charge is 0.391 e. The molecule has 0 fully saturated rings. The van der Waals surface area contributed by atoms with Gasteiger partial charge in [-0.25, -0.2) is 5.43 Å². The zero-order valence-electron chi connectivity index (χ0n) is 8.16. The summed E-state index contributed by atoms with van der Waals surface area (Å²) in [5.74, 6) is 0.372. The number of anilines is 3. The minimum absolute atomic E-state index is 0.0441. The molecule has 6 N–H and O–H groups in total. The number of hydrogen-bond donors (Lipinski definition) is 4. The van der Waals surface area contributed by atoms with Crippen molar-refractivity contribution >= 4 is 17.5 Å². The Hall–Kier alpha value is -1.76. The van der Waals surface area contributed by atoms with Crippen LogP contribution < -0.4 is 27.5 Å². The molecule has 1 aromatic rings. The Kier molecular flexibility index (Phi) is 2.92. The minimum Gasteiger partial charge on any atom is -0.391 e. The number of nitrogens with zero attached hydrogens (tertiary/aromatic N) is 2. The van der Waals surface area contributed by atoms with E-state index in [-0.39, 0.29) is 11.6 Å². The topological polar surface area (TPSA) is 113 Å². The van der Waals surface area contributed by atoms with Crippen molar-refractivity contribution in [1.82, 2.24) is 15.4 Å². The predicted molar refractivity (Wildman–Crippen MR) is 55.8 cm³/mol. The second-order valence-electron chi connectivity index (χ2n) is 2.76. The van der Waals surface area contributed by atoms with Crippen LogP contribution in [0.15, 0.2) is 4.79 Å². The maximum atomic E-state index is 11.2. The molecule has 78 valence electrons. The summed E-state index contributed by atoms with van der Waals surface area (Å²) >= 11 is 0. The Morgan fingerprint density at radius 3 is 2.79 bits per heavy atom. The van der Waals surface area contributed by atoms with Crippen molar-refractivity contribution in [2.75, 3.05) is 30.1 Å². The molecule has 1 heterocycles. The first-order valence-electron chi connectivity index (χ1n) is 4.18. The first-order valence-corrected chi connectivity index (χ1v) is 4.18. The first-order chi connectivity index (χ1) is 6.56. The fourth-order valence-electron chi connectivity index (χ4n) is 1.06. The quantitative estimate of drug-likeness (QED) is 0.458. The van der Waals surface area contributed by atoms with E-state index in [0.717, 1.165) is 0 Å².